The molecule has 0 radical (unpaired) electrons. The number of amides is 1. The van der Waals surface area contributed by atoms with Crippen molar-refractivity contribution in [2.45, 2.75) is 4.90 Å². The van der Waals surface area contributed by atoms with Gasteiger partial charge >= 0.3 is 0 Å². The van der Waals surface area contributed by atoms with Gasteiger partial charge in [-0.3, -0.25) is 4.79 Å². The summed E-state index contributed by atoms with van der Waals surface area (Å²) >= 11 is 1.69. The lowest BCUT2D eigenvalue weighted by Crippen LogP contribution is -2.22. The zero-order chi connectivity index (χ0) is 15.1. The predicted octanol–water partition coefficient (Wildman–Crippen LogP) is 3.47. The molecule has 0 aromatic heterocycles. The van der Waals surface area contributed by atoms with Crippen molar-refractivity contribution in [3.05, 3.63) is 48.5 Å². The predicted molar refractivity (Wildman–Crippen MR) is 88.3 cm³/mol. The summed E-state index contributed by atoms with van der Waals surface area (Å²) in [6.45, 7) is 0.205. The van der Waals surface area contributed by atoms with E-state index in [2.05, 4.69) is 10.6 Å². The Morgan fingerprint density at radius 3 is 2.52 bits per heavy atom. The van der Waals surface area contributed by atoms with Gasteiger partial charge in [0, 0.05) is 10.6 Å². The molecular formula is C16H18N2O2S. The van der Waals surface area contributed by atoms with E-state index in [9.17, 15) is 4.79 Å². The highest BCUT2D eigenvalue weighted by molar-refractivity contribution is 7.98. The van der Waals surface area contributed by atoms with Crippen LogP contribution in [0.5, 0.6) is 5.75 Å². The second-order valence-electron chi connectivity index (χ2n) is 4.33. The first-order valence-electron chi connectivity index (χ1n) is 6.53. The number of ether oxygens (including phenoxy) is 1. The first-order chi connectivity index (χ1) is 10.2. The van der Waals surface area contributed by atoms with Crippen molar-refractivity contribution in [2.75, 3.05) is 30.5 Å². The lowest BCUT2D eigenvalue weighted by atomic mass is 10.3. The second-order valence-corrected chi connectivity index (χ2v) is 5.21. The molecule has 0 saturated carbocycles. The molecule has 2 N–H and O–H groups in total. The zero-order valence-electron chi connectivity index (χ0n) is 12.1. The van der Waals surface area contributed by atoms with E-state index in [4.69, 9.17) is 4.74 Å². The topological polar surface area (TPSA) is 50.4 Å². The van der Waals surface area contributed by atoms with Crippen molar-refractivity contribution in [2.24, 2.45) is 0 Å². The molecule has 2 aromatic rings. The number of rotatable bonds is 6. The molecule has 0 aliphatic heterocycles. The van der Waals surface area contributed by atoms with Gasteiger partial charge in [-0.1, -0.05) is 12.1 Å². The third-order valence-corrected chi connectivity index (χ3v) is 3.67. The Labute approximate surface area is 128 Å². The minimum absolute atomic E-state index is 0.117. The molecule has 0 fully saturated rings. The van der Waals surface area contributed by atoms with E-state index in [-0.39, 0.29) is 12.5 Å². The Kier molecular flexibility index (Phi) is 5.51. The van der Waals surface area contributed by atoms with Crippen LogP contribution >= 0.6 is 11.8 Å². The average molecular weight is 302 g/mol. The van der Waals surface area contributed by atoms with Gasteiger partial charge in [0.2, 0.25) is 5.91 Å². The van der Waals surface area contributed by atoms with Crippen molar-refractivity contribution in [1.29, 1.82) is 0 Å². The van der Waals surface area contributed by atoms with Crippen molar-refractivity contribution >= 4 is 29.0 Å². The van der Waals surface area contributed by atoms with Crippen LogP contribution in [0.1, 0.15) is 0 Å². The normalized spacial score (nSPS) is 10.0. The summed E-state index contributed by atoms with van der Waals surface area (Å²) in [6.07, 6.45) is 2.03. The summed E-state index contributed by atoms with van der Waals surface area (Å²) in [4.78, 5) is 13.1. The van der Waals surface area contributed by atoms with Crippen molar-refractivity contribution in [1.82, 2.24) is 0 Å². The van der Waals surface area contributed by atoms with E-state index in [1.807, 2.05) is 54.8 Å². The molecule has 0 bridgehead atoms. The first kappa shape index (κ1) is 15.3. The number of hydrogen-bond acceptors (Lipinski definition) is 4. The third-order valence-electron chi connectivity index (χ3n) is 2.92. The van der Waals surface area contributed by atoms with E-state index >= 15 is 0 Å². The van der Waals surface area contributed by atoms with Crippen LogP contribution in [-0.2, 0) is 4.79 Å². The number of benzene rings is 2. The molecule has 0 heterocycles. The van der Waals surface area contributed by atoms with E-state index in [1.165, 1.54) is 4.90 Å². The van der Waals surface area contributed by atoms with Crippen LogP contribution in [0.3, 0.4) is 0 Å². The number of anilines is 2. The van der Waals surface area contributed by atoms with Gasteiger partial charge in [0.15, 0.2) is 0 Å². The molecule has 0 aliphatic rings. The van der Waals surface area contributed by atoms with Crippen molar-refractivity contribution < 1.29 is 9.53 Å². The molecule has 5 heteroatoms. The molecule has 0 saturated heterocycles. The Morgan fingerprint density at radius 1 is 1.14 bits per heavy atom. The van der Waals surface area contributed by atoms with Crippen LogP contribution in [0.2, 0.25) is 0 Å². The number of hydrogen-bond donors (Lipinski definition) is 2. The largest absolute Gasteiger partial charge is 0.495 e. The highest BCUT2D eigenvalue weighted by Crippen LogP contribution is 2.23. The fourth-order valence-electron chi connectivity index (χ4n) is 1.83. The molecule has 2 rings (SSSR count). The number of nitrogens with one attached hydrogen (secondary N) is 2. The Morgan fingerprint density at radius 2 is 1.86 bits per heavy atom. The molecule has 0 aliphatic carbocycles. The van der Waals surface area contributed by atoms with Crippen LogP contribution in [0.15, 0.2) is 53.4 Å². The van der Waals surface area contributed by atoms with Gasteiger partial charge in [-0.05, 0) is 42.7 Å². The molecule has 1 amide bonds. The molecule has 2 aromatic carbocycles. The maximum atomic E-state index is 11.9. The van der Waals surface area contributed by atoms with Crippen LogP contribution < -0.4 is 15.4 Å². The summed E-state index contributed by atoms with van der Waals surface area (Å²) < 4.78 is 5.20. The monoisotopic (exact) mass is 302 g/mol. The lowest BCUT2D eigenvalue weighted by Gasteiger charge is -2.11. The van der Waals surface area contributed by atoms with Gasteiger partial charge in [-0.2, -0.15) is 0 Å². The van der Waals surface area contributed by atoms with Crippen LogP contribution in [-0.4, -0.2) is 25.8 Å². The number of carbonyl (C=O) groups excluding carboxylic acids is 1. The van der Waals surface area contributed by atoms with E-state index < -0.39 is 0 Å². The minimum atomic E-state index is -0.117. The summed E-state index contributed by atoms with van der Waals surface area (Å²) in [7, 11) is 1.58. The molecule has 4 nitrogen and oxygen atoms in total. The lowest BCUT2D eigenvalue weighted by molar-refractivity contribution is -0.114. The maximum absolute atomic E-state index is 11.9. The average Bonchev–Trinajstić information content (AvgIpc) is 2.54. The molecule has 21 heavy (non-hydrogen) atoms. The van der Waals surface area contributed by atoms with Crippen LogP contribution in [0, 0.1) is 0 Å². The summed E-state index contributed by atoms with van der Waals surface area (Å²) in [5.41, 5.74) is 1.59. The van der Waals surface area contributed by atoms with E-state index in [0.29, 0.717) is 11.4 Å². The van der Waals surface area contributed by atoms with Crippen LogP contribution in [0.25, 0.3) is 0 Å². The fourth-order valence-corrected chi connectivity index (χ4v) is 2.24. The number of carbonyl (C=O) groups is 1. The zero-order valence-corrected chi connectivity index (χ0v) is 12.9. The molecule has 0 unspecified atom stereocenters. The summed E-state index contributed by atoms with van der Waals surface area (Å²) in [6, 6.07) is 15.3. The standard InChI is InChI=1S/C16H18N2O2S/c1-20-15-6-4-3-5-14(15)18-16(19)11-17-12-7-9-13(21-2)10-8-12/h3-10,17H,11H2,1-2H3,(H,18,19). The van der Waals surface area contributed by atoms with Crippen molar-refractivity contribution in [3.8, 4) is 5.75 Å². The Balaban J connectivity index is 1.89. The Hall–Kier alpha value is -2.14. The Bertz CT molecular complexity index is 599. The highest BCUT2D eigenvalue weighted by Gasteiger charge is 2.06. The van der Waals surface area contributed by atoms with E-state index in [0.717, 1.165) is 5.69 Å². The summed E-state index contributed by atoms with van der Waals surface area (Å²) in [5, 5.41) is 5.92. The SMILES string of the molecule is COc1ccccc1NC(=O)CNc1ccc(SC)cc1. The smallest absolute Gasteiger partial charge is 0.243 e. The van der Waals surface area contributed by atoms with Gasteiger partial charge in [-0.25, -0.2) is 0 Å². The van der Waals surface area contributed by atoms with Gasteiger partial charge in [0.05, 0.1) is 19.3 Å². The molecule has 0 atom stereocenters. The van der Waals surface area contributed by atoms with Crippen molar-refractivity contribution in [3.63, 3.8) is 0 Å². The summed E-state index contributed by atoms with van der Waals surface area (Å²) in [5.74, 6) is 0.531. The third kappa shape index (κ3) is 4.43. The van der Waals surface area contributed by atoms with Gasteiger partial charge in [0.25, 0.3) is 0 Å². The van der Waals surface area contributed by atoms with E-state index in [1.54, 1.807) is 18.9 Å². The molecular weight excluding hydrogens is 284 g/mol. The van der Waals surface area contributed by atoms with Gasteiger partial charge in [0.1, 0.15) is 5.75 Å². The fraction of sp³-hybridized carbons (Fsp3) is 0.188. The maximum Gasteiger partial charge on any atom is 0.243 e. The molecule has 0 spiro atoms. The van der Waals surface area contributed by atoms with Gasteiger partial charge in [-0.15, -0.1) is 11.8 Å². The highest BCUT2D eigenvalue weighted by atomic mass is 32.2. The van der Waals surface area contributed by atoms with Crippen LogP contribution in [0.4, 0.5) is 11.4 Å². The van der Waals surface area contributed by atoms with Gasteiger partial charge < -0.3 is 15.4 Å². The molecule has 110 valence electrons. The minimum Gasteiger partial charge on any atom is -0.495 e. The quantitative estimate of drug-likeness (QED) is 0.802. The number of thioether (sulfide) groups is 1. The number of methoxy groups -OCH3 is 1. The second kappa shape index (κ2) is 7.59. The number of para-hydroxylation sites is 2. The first-order valence-corrected chi connectivity index (χ1v) is 7.76.